The second kappa shape index (κ2) is 7.73. The van der Waals surface area contributed by atoms with Crippen LogP contribution >= 0.6 is 0 Å². The molecule has 1 aliphatic heterocycles. The Balaban J connectivity index is 2.14. The maximum atomic E-state index is 14.4. The lowest BCUT2D eigenvalue weighted by Crippen LogP contribution is -2.48. The first kappa shape index (κ1) is 16.2. The molecule has 0 spiro atoms. The highest BCUT2D eigenvalue weighted by molar-refractivity contribution is 5.51. The Morgan fingerprint density at radius 1 is 1.52 bits per heavy atom. The number of nitrogens with one attached hydrogen (secondary N) is 1. The van der Waals surface area contributed by atoms with E-state index in [1.807, 2.05) is 24.0 Å². The monoisotopic (exact) mass is 296 g/mol. The van der Waals surface area contributed by atoms with Crippen LogP contribution in [0, 0.1) is 5.82 Å². The van der Waals surface area contributed by atoms with Crippen molar-refractivity contribution in [3.8, 4) is 0 Å². The Hall–Kier alpha value is -1.17. The average molecular weight is 296 g/mol. The number of rotatable bonds is 6. The van der Waals surface area contributed by atoms with E-state index in [2.05, 4.69) is 12.2 Å². The molecule has 0 saturated carbocycles. The van der Waals surface area contributed by atoms with Gasteiger partial charge in [-0.15, -0.1) is 0 Å². The van der Waals surface area contributed by atoms with Crippen LogP contribution in [0.25, 0.3) is 0 Å². The second-order valence-electron chi connectivity index (χ2n) is 5.49. The summed E-state index contributed by atoms with van der Waals surface area (Å²) >= 11 is 0. The zero-order chi connectivity index (χ0) is 15.2. The van der Waals surface area contributed by atoms with E-state index in [1.165, 1.54) is 0 Å². The molecule has 1 aromatic carbocycles. The quantitative estimate of drug-likeness (QED) is 0.844. The summed E-state index contributed by atoms with van der Waals surface area (Å²) in [4.78, 5) is 1.90. The Labute approximate surface area is 125 Å². The lowest BCUT2D eigenvalue weighted by atomic mass is 10.1. The van der Waals surface area contributed by atoms with E-state index in [-0.39, 0.29) is 24.5 Å². The summed E-state index contributed by atoms with van der Waals surface area (Å²) in [6, 6.07) is 5.31. The molecule has 2 atom stereocenters. The first-order chi connectivity index (χ1) is 10.2. The van der Waals surface area contributed by atoms with Gasteiger partial charge in [0.15, 0.2) is 0 Å². The summed E-state index contributed by atoms with van der Waals surface area (Å²) in [6.45, 7) is 6.63. The highest BCUT2D eigenvalue weighted by Gasteiger charge is 2.25. The van der Waals surface area contributed by atoms with Gasteiger partial charge in [-0.25, -0.2) is 4.39 Å². The summed E-state index contributed by atoms with van der Waals surface area (Å²) in [7, 11) is 0. The van der Waals surface area contributed by atoms with Crippen molar-refractivity contribution in [2.45, 2.75) is 32.4 Å². The maximum absolute atomic E-state index is 14.4. The summed E-state index contributed by atoms with van der Waals surface area (Å²) < 4.78 is 19.8. The van der Waals surface area contributed by atoms with Gasteiger partial charge in [-0.05, 0) is 37.6 Å². The van der Waals surface area contributed by atoms with Gasteiger partial charge in [0.2, 0.25) is 0 Å². The molecule has 1 fully saturated rings. The van der Waals surface area contributed by atoms with Gasteiger partial charge in [0.25, 0.3) is 0 Å². The van der Waals surface area contributed by atoms with Gasteiger partial charge in [0.1, 0.15) is 5.82 Å². The van der Waals surface area contributed by atoms with Gasteiger partial charge in [0.05, 0.1) is 31.5 Å². The summed E-state index contributed by atoms with van der Waals surface area (Å²) in [6.07, 6.45) is 1.05. The predicted octanol–water partition coefficient (Wildman–Crippen LogP) is 2.08. The van der Waals surface area contributed by atoms with Gasteiger partial charge in [-0.2, -0.15) is 0 Å². The number of benzene rings is 1. The van der Waals surface area contributed by atoms with Crippen molar-refractivity contribution in [2.75, 3.05) is 37.8 Å². The lowest BCUT2D eigenvalue weighted by molar-refractivity contribution is 0.0723. The van der Waals surface area contributed by atoms with E-state index in [4.69, 9.17) is 4.74 Å². The smallest absolute Gasteiger partial charge is 0.146 e. The molecule has 0 radical (unpaired) electrons. The molecule has 21 heavy (non-hydrogen) atoms. The summed E-state index contributed by atoms with van der Waals surface area (Å²) in [5.41, 5.74) is 1.49. The molecule has 5 heteroatoms. The van der Waals surface area contributed by atoms with Crippen LogP contribution in [-0.2, 0) is 4.74 Å². The molecule has 2 N–H and O–H groups in total. The van der Waals surface area contributed by atoms with Crippen LogP contribution in [0.4, 0.5) is 10.1 Å². The number of halogens is 1. The third-order valence-corrected chi connectivity index (χ3v) is 3.92. The molecule has 1 aliphatic rings. The van der Waals surface area contributed by atoms with E-state index in [9.17, 15) is 9.50 Å². The van der Waals surface area contributed by atoms with Crippen LogP contribution in [0.5, 0.6) is 0 Å². The van der Waals surface area contributed by atoms with Crippen LogP contribution in [0.15, 0.2) is 18.2 Å². The number of aliphatic hydroxyl groups is 1. The van der Waals surface area contributed by atoms with Crippen LogP contribution in [0.2, 0.25) is 0 Å². The Bertz CT molecular complexity index is 456. The fraction of sp³-hybridized carbons (Fsp3) is 0.625. The second-order valence-corrected chi connectivity index (χ2v) is 5.49. The molecule has 1 heterocycles. The maximum Gasteiger partial charge on any atom is 0.146 e. The minimum Gasteiger partial charge on any atom is -0.394 e. The van der Waals surface area contributed by atoms with Gasteiger partial charge in [-0.1, -0.05) is 13.0 Å². The normalized spacial score (nSPS) is 20.6. The van der Waals surface area contributed by atoms with E-state index < -0.39 is 0 Å². The molecule has 2 unspecified atom stereocenters. The van der Waals surface area contributed by atoms with Crippen LogP contribution < -0.4 is 10.2 Å². The van der Waals surface area contributed by atoms with Gasteiger partial charge in [0, 0.05) is 12.6 Å². The van der Waals surface area contributed by atoms with E-state index >= 15 is 0 Å². The first-order valence-corrected chi connectivity index (χ1v) is 7.65. The van der Waals surface area contributed by atoms with Crippen molar-refractivity contribution >= 4 is 5.69 Å². The zero-order valence-corrected chi connectivity index (χ0v) is 12.8. The topological polar surface area (TPSA) is 44.7 Å². The molecule has 2 rings (SSSR count). The third kappa shape index (κ3) is 3.93. The third-order valence-electron chi connectivity index (χ3n) is 3.92. The molecule has 0 aromatic heterocycles. The summed E-state index contributed by atoms with van der Waals surface area (Å²) in [5, 5.41) is 12.8. The Morgan fingerprint density at radius 2 is 2.33 bits per heavy atom. The number of morpholine rings is 1. The molecule has 1 aromatic rings. The minimum absolute atomic E-state index is 0.0321. The number of ether oxygens (including phenoxy) is 1. The van der Waals surface area contributed by atoms with Crippen molar-refractivity contribution < 1.29 is 14.2 Å². The number of aliphatic hydroxyl groups excluding tert-OH is 1. The summed E-state index contributed by atoms with van der Waals surface area (Å²) in [5.74, 6) is -0.238. The average Bonchev–Trinajstić information content (AvgIpc) is 2.52. The van der Waals surface area contributed by atoms with Crippen molar-refractivity contribution in [3.05, 3.63) is 29.6 Å². The zero-order valence-electron chi connectivity index (χ0n) is 12.8. The van der Waals surface area contributed by atoms with Crippen LogP contribution in [-0.4, -0.2) is 44.1 Å². The number of nitrogens with zero attached hydrogens (tertiary/aromatic N) is 1. The Kier molecular flexibility index (Phi) is 5.96. The van der Waals surface area contributed by atoms with Crippen molar-refractivity contribution in [3.63, 3.8) is 0 Å². The van der Waals surface area contributed by atoms with E-state index in [0.29, 0.717) is 25.4 Å². The number of anilines is 1. The SMILES string of the molecule is CCCNC(C)c1ccc(N2CCOCC2CO)c(F)c1. The van der Waals surface area contributed by atoms with Gasteiger partial charge in [-0.3, -0.25) is 0 Å². The molecule has 4 nitrogen and oxygen atoms in total. The molecule has 0 amide bonds. The highest BCUT2D eigenvalue weighted by Crippen LogP contribution is 2.26. The molecular formula is C16H25FN2O2. The largest absolute Gasteiger partial charge is 0.394 e. The van der Waals surface area contributed by atoms with Crippen molar-refractivity contribution in [2.24, 2.45) is 0 Å². The predicted molar refractivity (Wildman–Crippen MR) is 82.1 cm³/mol. The standard InChI is InChI=1S/C16H25FN2O2/c1-3-6-18-12(2)13-4-5-16(15(17)9-13)19-7-8-21-11-14(19)10-20/h4-5,9,12,14,18,20H,3,6-8,10-11H2,1-2H3. The van der Waals surface area contributed by atoms with Crippen molar-refractivity contribution in [1.82, 2.24) is 5.32 Å². The number of hydrogen-bond acceptors (Lipinski definition) is 4. The number of hydrogen-bond donors (Lipinski definition) is 2. The van der Waals surface area contributed by atoms with Crippen LogP contribution in [0.1, 0.15) is 31.9 Å². The molecular weight excluding hydrogens is 271 g/mol. The van der Waals surface area contributed by atoms with Gasteiger partial charge >= 0.3 is 0 Å². The fourth-order valence-corrected chi connectivity index (χ4v) is 2.63. The minimum atomic E-state index is -0.238. The molecule has 0 aliphatic carbocycles. The lowest BCUT2D eigenvalue weighted by Gasteiger charge is -2.36. The fourth-order valence-electron chi connectivity index (χ4n) is 2.63. The van der Waals surface area contributed by atoms with Crippen LogP contribution in [0.3, 0.4) is 0 Å². The molecule has 1 saturated heterocycles. The molecule has 0 bridgehead atoms. The van der Waals surface area contributed by atoms with Gasteiger partial charge < -0.3 is 20.1 Å². The van der Waals surface area contributed by atoms with E-state index in [0.717, 1.165) is 18.5 Å². The first-order valence-electron chi connectivity index (χ1n) is 7.65. The van der Waals surface area contributed by atoms with Crippen molar-refractivity contribution in [1.29, 1.82) is 0 Å². The van der Waals surface area contributed by atoms with E-state index in [1.54, 1.807) is 6.07 Å². The Morgan fingerprint density at radius 3 is 3.00 bits per heavy atom. The highest BCUT2D eigenvalue weighted by atomic mass is 19.1. The molecule has 118 valence electrons.